The summed E-state index contributed by atoms with van der Waals surface area (Å²) in [5.74, 6) is -0.661. The Hall–Kier alpha value is -3.81. The number of nitrogens with zero attached hydrogens (tertiary/aromatic N) is 3. The van der Waals surface area contributed by atoms with Crippen molar-refractivity contribution < 1.29 is 43.2 Å². The number of anilines is 1. The highest BCUT2D eigenvalue weighted by Crippen LogP contribution is 2.33. The molecule has 52 heavy (non-hydrogen) atoms. The fourth-order valence-electron chi connectivity index (χ4n) is 5.79. The van der Waals surface area contributed by atoms with Crippen LogP contribution >= 0.6 is 11.8 Å². The van der Waals surface area contributed by atoms with Gasteiger partial charge in [0.1, 0.15) is 11.7 Å². The topological polar surface area (TPSA) is 244 Å². The molecule has 0 radical (unpaired) electrons. The predicted octanol–water partition coefficient (Wildman–Crippen LogP) is 0.886. The van der Waals surface area contributed by atoms with Crippen LogP contribution in [0.5, 0.6) is 0 Å². The van der Waals surface area contributed by atoms with E-state index in [2.05, 4.69) is 26.3 Å². The number of nitrogen functional groups attached to an aromatic ring is 1. The van der Waals surface area contributed by atoms with Gasteiger partial charge in [-0.25, -0.2) is 9.48 Å². The molecule has 4 atom stereocenters. The van der Waals surface area contributed by atoms with Gasteiger partial charge in [-0.05, 0) is 43.4 Å². The standard InChI is InChI=1S/C34H52N8O9S/c35-26-8-7-23(18-25(26)29(43)19-27(36)33(45)46)4-3-11-51-21-24-20-42(41-40-24)10-13-49-15-17-50-16-14-48-12-9-37-31(44)6-2-1-5-30-32-28(22-52-30)38-34(47)39-32/h7-8,18,20,27-28,30,32H,1-6,9-17,19,21-22,35-36H2,(H,37,44)(H,45,46)(H2,38,39,47)/t27-,28?,30-,32-/m0/s1. The molecular formula is C34H52N8O9S. The second kappa shape index (κ2) is 22.3. The number of aryl methyl sites for hydroxylation is 1. The number of ether oxygens (including phenoxy) is 4. The van der Waals surface area contributed by atoms with Gasteiger partial charge in [0.2, 0.25) is 5.91 Å². The summed E-state index contributed by atoms with van der Waals surface area (Å²) in [6.07, 6.45) is 6.11. The zero-order valence-corrected chi connectivity index (χ0v) is 30.3. The molecule has 18 heteroatoms. The number of carbonyl (C=O) groups is 4. The van der Waals surface area contributed by atoms with Crippen molar-refractivity contribution in [2.45, 2.75) is 81.5 Å². The van der Waals surface area contributed by atoms with Crippen molar-refractivity contribution in [3.63, 3.8) is 0 Å². The van der Waals surface area contributed by atoms with Gasteiger partial charge in [-0.1, -0.05) is 17.7 Å². The Balaban J connectivity index is 0.915. The quantitative estimate of drug-likeness (QED) is 0.0322. The lowest BCUT2D eigenvalue weighted by Gasteiger charge is -2.16. The van der Waals surface area contributed by atoms with Crippen LogP contribution in [0.1, 0.15) is 60.1 Å². The Kier molecular flexibility index (Phi) is 17.6. The summed E-state index contributed by atoms with van der Waals surface area (Å²) in [4.78, 5) is 46.9. The molecule has 288 valence electrons. The van der Waals surface area contributed by atoms with E-state index in [0.717, 1.165) is 30.6 Å². The Morgan fingerprint density at radius 3 is 2.58 bits per heavy atom. The number of aromatic nitrogens is 3. The fraction of sp³-hybridized carbons (Fsp3) is 0.647. The van der Waals surface area contributed by atoms with E-state index in [9.17, 15) is 19.2 Å². The van der Waals surface area contributed by atoms with Gasteiger partial charge in [-0.3, -0.25) is 14.4 Å². The van der Waals surface area contributed by atoms with Crippen LogP contribution in [-0.2, 0) is 48.1 Å². The molecule has 0 saturated carbocycles. The minimum Gasteiger partial charge on any atom is -0.480 e. The summed E-state index contributed by atoms with van der Waals surface area (Å²) >= 11 is 1.89. The van der Waals surface area contributed by atoms with E-state index < -0.39 is 17.8 Å². The second-order valence-corrected chi connectivity index (χ2v) is 13.9. The van der Waals surface area contributed by atoms with Crippen molar-refractivity contribution in [1.29, 1.82) is 0 Å². The van der Waals surface area contributed by atoms with Crippen molar-refractivity contribution in [2.75, 3.05) is 64.3 Å². The Morgan fingerprint density at radius 2 is 1.79 bits per heavy atom. The number of nitrogens with one attached hydrogen (secondary N) is 3. The number of carboxylic acid groups (broad SMARTS) is 1. The van der Waals surface area contributed by atoms with E-state index in [4.69, 9.17) is 35.5 Å². The maximum atomic E-state index is 12.4. The van der Waals surface area contributed by atoms with Gasteiger partial charge in [0, 0.05) is 48.2 Å². The maximum Gasteiger partial charge on any atom is 0.320 e. The van der Waals surface area contributed by atoms with Crippen LogP contribution in [0.4, 0.5) is 10.5 Å². The summed E-state index contributed by atoms with van der Waals surface area (Å²) in [5.41, 5.74) is 13.6. The second-order valence-electron chi connectivity index (χ2n) is 12.7. The number of benzene rings is 1. The molecule has 2 fully saturated rings. The highest BCUT2D eigenvalue weighted by Gasteiger charge is 2.42. The number of carbonyl (C=O) groups excluding carboxylic acids is 3. The third-order valence-corrected chi connectivity index (χ3v) is 10.1. The van der Waals surface area contributed by atoms with E-state index >= 15 is 0 Å². The number of aliphatic carboxylic acids is 1. The summed E-state index contributed by atoms with van der Waals surface area (Å²) in [6, 6.07) is 4.25. The van der Waals surface area contributed by atoms with Crippen LogP contribution < -0.4 is 27.4 Å². The summed E-state index contributed by atoms with van der Waals surface area (Å²) in [7, 11) is 0. The minimum absolute atomic E-state index is 0.0267. The Morgan fingerprint density at radius 1 is 1.02 bits per heavy atom. The number of Topliss-reactive ketones (excluding diaryl/α,β-unsaturated/α-hetero) is 1. The number of rotatable bonds is 27. The van der Waals surface area contributed by atoms with Gasteiger partial charge in [-0.15, -0.1) is 5.10 Å². The molecule has 1 aromatic heterocycles. The number of unbranched alkanes of at least 4 members (excludes halogenated alkanes) is 1. The number of hydrogen-bond acceptors (Lipinski definition) is 13. The lowest BCUT2D eigenvalue weighted by Crippen LogP contribution is -2.36. The average molecular weight is 749 g/mol. The predicted molar refractivity (Wildman–Crippen MR) is 193 cm³/mol. The number of nitrogens with two attached hydrogens (primary N) is 2. The van der Waals surface area contributed by atoms with E-state index in [1.807, 2.05) is 17.8 Å². The van der Waals surface area contributed by atoms with Crippen molar-refractivity contribution in [1.82, 2.24) is 30.9 Å². The molecule has 17 nitrogen and oxygen atoms in total. The summed E-state index contributed by atoms with van der Waals surface area (Å²) in [6.45, 7) is 4.40. The summed E-state index contributed by atoms with van der Waals surface area (Å²) in [5, 5.41) is 26.4. The lowest BCUT2D eigenvalue weighted by atomic mass is 9.98. The molecule has 3 heterocycles. The number of ketones is 1. The highest BCUT2D eigenvalue weighted by atomic mass is 32.2. The van der Waals surface area contributed by atoms with Crippen LogP contribution in [0.3, 0.4) is 0 Å². The van der Waals surface area contributed by atoms with Crippen LogP contribution in [0.15, 0.2) is 24.4 Å². The van der Waals surface area contributed by atoms with Gasteiger partial charge in [-0.2, -0.15) is 11.8 Å². The maximum absolute atomic E-state index is 12.4. The fourth-order valence-corrected chi connectivity index (χ4v) is 7.34. The van der Waals surface area contributed by atoms with E-state index in [0.29, 0.717) is 102 Å². The first-order valence-corrected chi connectivity index (χ1v) is 18.8. The monoisotopic (exact) mass is 748 g/mol. The van der Waals surface area contributed by atoms with E-state index in [1.54, 1.807) is 23.0 Å². The van der Waals surface area contributed by atoms with Crippen molar-refractivity contribution >= 4 is 41.1 Å². The highest BCUT2D eigenvalue weighted by molar-refractivity contribution is 8.00. The molecule has 3 amide bonds. The SMILES string of the molecule is Nc1ccc(CCCOCc2cn(CCOCCOCCOCCNC(=O)CCCC[C@@H]3SCC4NC(=O)N[C@@H]43)nn2)cc1C(=O)C[C@H](N)C(=O)O. The number of thioether (sulfide) groups is 1. The molecule has 4 rings (SSSR count). The zero-order chi connectivity index (χ0) is 37.1. The van der Waals surface area contributed by atoms with Crippen LogP contribution in [0.25, 0.3) is 0 Å². The van der Waals surface area contributed by atoms with Crippen molar-refractivity contribution in [2.24, 2.45) is 5.73 Å². The minimum atomic E-state index is -1.27. The van der Waals surface area contributed by atoms with Gasteiger partial charge in [0.25, 0.3) is 0 Å². The van der Waals surface area contributed by atoms with E-state index in [1.165, 1.54) is 0 Å². The zero-order valence-electron chi connectivity index (χ0n) is 29.5. The van der Waals surface area contributed by atoms with Gasteiger partial charge in [0.15, 0.2) is 5.78 Å². The summed E-state index contributed by atoms with van der Waals surface area (Å²) < 4.78 is 24.1. The number of hydrogen-bond donors (Lipinski definition) is 6. The van der Waals surface area contributed by atoms with Crippen LogP contribution in [0, 0.1) is 0 Å². The van der Waals surface area contributed by atoms with Crippen molar-refractivity contribution in [3.05, 3.63) is 41.2 Å². The molecule has 2 aliphatic heterocycles. The first kappa shape index (κ1) is 41.0. The smallest absolute Gasteiger partial charge is 0.320 e. The number of amides is 3. The number of fused-ring (bicyclic) bond motifs is 1. The average Bonchev–Trinajstić information content (AvgIpc) is 3.83. The van der Waals surface area contributed by atoms with Crippen LogP contribution in [-0.4, -0.2) is 126 Å². The van der Waals surface area contributed by atoms with Gasteiger partial charge >= 0.3 is 12.0 Å². The Bertz CT molecular complexity index is 1450. The third-order valence-electron chi connectivity index (χ3n) is 8.59. The van der Waals surface area contributed by atoms with Gasteiger partial charge in [0.05, 0.1) is 71.1 Å². The Labute approximate surface area is 307 Å². The molecule has 2 aliphatic rings. The van der Waals surface area contributed by atoms with E-state index in [-0.39, 0.29) is 36.0 Å². The van der Waals surface area contributed by atoms with Crippen molar-refractivity contribution in [3.8, 4) is 0 Å². The molecule has 1 unspecified atom stereocenters. The number of urea groups is 1. The van der Waals surface area contributed by atoms with Gasteiger partial charge < -0.3 is 51.5 Å². The molecule has 0 bridgehead atoms. The molecule has 2 aromatic rings. The molecule has 0 spiro atoms. The van der Waals surface area contributed by atoms with Crippen LogP contribution in [0.2, 0.25) is 0 Å². The molecular weight excluding hydrogens is 696 g/mol. The number of carboxylic acids is 1. The molecule has 2 saturated heterocycles. The molecule has 8 N–H and O–H groups in total. The largest absolute Gasteiger partial charge is 0.480 e. The molecule has 0 aliphatic carbocycles. The lowest BCUT2D eigenvalue weighted by molar-refractivity contribution is -0.138. The first-order valence-electron chi connectivity index (χ1n) is 17.7. The molecule has 1 aromatic carbocycles. The third kappa shape index (κ3) is 14.3. The first-order chi connectivity index (χ1) is 25.2. The normalized spacial score (nSPS) is 18.5.